The van der Waals surface area contributed by atoms with Crippen LogP contribution in [-0.4, -0.2) is 30.8 Å². The van der Waals surface area contributed by atoms with Gasteiger partial charge in [0.25, 0.3) is 0 Å². The molecule has 1 aromatic rings. The lowest BCUT2D eigenvalue weighted by Gasteiger charge is -2.32. The molecule has 0 N–H and O–H groups in total. The van der Waals surface area contributed by atoms with Crippen molar-refractivity contribution in [3.05, 3.63) is 23.9 Å². The molecule has 1 aromatic heterocycles. The van der Waals surface area contributed by atoms with Crippen LogP contribution in [0.2, 0.25) is 0 Å². The molecule has 1 saturated heterocycles. The van der Waals surface area contributed by atoms with Crippen molar-refractivity contribution in [3.8, 4) is 0 Å². The molecule has 0 bridgehead atoms. The molecule has 2 rings (SSSR count). The van der Waals surface area contributed by atoms with Crippen LogP contribution in [0.3, 0.4) is 0 Å². The summed E-state index contributed by atoms with van der Waals surface area (Å²) in [4.78, 5) is 6.80. The molecule has 3 heteroatoms. The fourth-order valence-corrected chi connectivity index (χ4v) is 2.13. The van der Waals surface area contributed by atoms with Crippen LogP contribution in [-0.2, 0) is 4.74 Å². The highest BCUT2D eigenvalue weighted by Crippen LogP contribution is 2.19. The zero-order valence-electron chi connectivity index (χ0n) is 10.1. The van der Waals surface area contributed by atoms with Crippen LogP contribution in [0, 0.1) is 6.92 Å². The number of hydrogen-bond acceptors (Lipinski definition) is 3. The summed E-state index contributed by atoms with van der Waals surface area (Å²) in [5.74, 6) is 1.10. The molecule has 16 heavy (non-hydrogen) atoms. The first-order valence-electron chi connectivity index (χ1n) is 6.09. The molecule has 0 spiro atoms. The molecule has 0 atom stereocenters. The minimum atomic E-state index is 0.451. The maximum Gasteiger partial charge on any atom is 0.128 e. The Morgan fingerprint density at radius 2 is 2.12 bits per heavy atom. The quantitative estimate of drug-likeness (QED) is 0.782. The van der Waals surface area contributed by atoms with Crippen LogP contribution < -0.4 is 4.90 Å². The Bertz CT molecular complexity index is 315. The van der Waals surface area contributed by atoms with Crippen molar-refractivity contribution in [2.24, 2.45) is 0 Å². The summed E-state index contributed by atoms with van der Waals surface area (Å²) in [5.41, 5.74) is 1.22. The highest BCUT2D eigenvalue weighted by Gasteiger charge is 2.19. The summed E-state index contributed by atoms with van der Waals surface area (Å²) < 4.78 is 5.64. The van der Waals surface area contributed by atoms with Crippen molar-refractivity contribution in [1.82, 2.24) is 4.98 Å². The minimum Gasteiger partial charge on any atom is -0.378 e. The Labute approximate surface area is 97.4 Å². The predicted molar refractivity (Wildman–Crippen MR) is 65.8 cm³/mol. The van der Waals surface area contributed by atoms with E-state index < -0.39 is 0 Å². The van der Waals surface area contributed by atoms with Crippen molar-refractivity contribution < 1.29 is 4.74 Å². The van der Waals surface area contributed by atoms with Crippen LogP contribution >= 0.6 is 0 Å². The van der Waals surface area contributed by atoms with Crippen molar-refractivity contribution >= 4 is 5.82 Å². The second kappa shape index (κ2) is 5.30. The van der Waals surface area contributed by atoms with E-state index in [1.807, 2.05) is 6.20 Å². The molecule has 0 amide bonds. The van der Waals surface area contributed by atoms with Gasteiger partial charge in [0.1, 0.15) is 5.82 Å². The molecule has 2 heterocycles. The van der Waals surface area contributed by atoms with E-state index in [9.17, 15) is 0 Å². The van der Waals surface area contributed by atoms with E-state index in [0.717, 1.165) is 38.4 Å². The third-order valence-electron chi connectivity index (χ3n) is 3.06. The topological polar surface area (TPSA) is 25.4 Å². The fraction of sp³-hybridized carbons (Fsp3) is 0.615. The highest BCUT2D eigenvalue weighted by atomic mass is 16.5. The van der Waals surface area contributed by atoms with Gasteiger partial charge >= 0.3 is 0 Å². The van der Waals surface area contributed by atoms with E-state index in [1.54, 1.807) is 0 Å². The Hall–Kier alpha value is -1.09. The number of piperidine rings is 1. The maximum absolute atomic E-state index is 5.64. The SMILES string of the molecule is CCOC1CCN(c2ccc(C)cn2)CC1. The molecule has 0 radical (unpaired) electrons. The molecule has 0 unspecified atom stereocenters. The van der Waals surface area contributed by atoms with Gasteiger partial charge in [0.2, 0.25) is 0 Å². The number of pyridine rings is 1. The number of rotatable bonds is 3. The number of hydrogen-bond donors (Lipinski definition) is 0. The lowest BCUT2D eigenvalue weighted by molar-refractivity contribution is 0.0458. The van der Waals surface area contributed by atoms with Crippen molar-refractivity contribution in [2.75, 3.05) is 24.6 Å². The van der Waals surface area contributed by atoms with Gasteiger partial charge in [-0.1, -0.05) is 6.07 Å². The second-order valence-electron chi connectivity index (χ2n) is 4.34. The molecule has 1 aliphatic heterocycles. The largest absolute Gasteiger partial charge is 0.378 e. The van der Waals surface area contributed by atoms with Crippen LogP contribution in [0.1, 0.15) is 25.3 Å². The summed E-state index contributed by atoms with van der Waals surface area (Å²) in [6.45, 7) is 7.07. The number of aryl methyl sites for hydroxylation is 1. The van der Waals surface area contributed by atoms with E-state index in [1.165, 1.54) is 5.56 Å². The lowest BCUT2D eigenvalue weighted by atomic mass is 10.1. The first kappa shape index (κ1) is 11.4. The third kappa shape index (κ3) is 2.73. The van der Waals surface area contributed by atoms with Crippen molar-refractivity contribution in [2.45, 2.75) is 32.8 Å². The van der Waals surface area contributed by atoms with Crippen LogP contribution in [0.5, 0.6) is 0 Å². The molecule has 0 saturated carbocycles. The van der Waals surface area contributed by atoms with E-state index in [0.29, 0.717) is 6.10 Å². The Kier molecular flexibility index (Phi) is 3.78. The monoisotopic (exact) mass is 220 g/mol. The van der Waals surface area contributed by atoms with Gasteiger partial charge in [0.05, 0.1) is 6.10 Å². The van der Waals surface area contributed by atoms with Gasteiger partial charge in [-0.15, -0.1) is 0 Å². The first-order chi connectivity index (χ1) is 7.79. The summed E-state index contributed by atoms with van der Waals surface area (Å²) in [6, 6.07) is 4.23. The maximum atomic E-state index is 5.64. The zero-order valence-corrected chi connectivity index (χ0v) is 10.1. The number of anilines is 1. The molecule has 1 fully saturated rings. The Morgan fingerprint density at radius 3 is 2.69 bits per heavy atom. The summed E-state index contributed by atoms with van der Waals surface area (Å²) >= 11 is 0. The summed E-state index contributed by atoms with van der Waals surface area (Å²) in [6.07, 6.45) is 4.61. The average molecular weight is 220 g/mol. The first-order valence-corrected chi connectivity index (χ1v) is 6.09. The van der Waals surface area contributed by atoms with E-state index in [-0.39, 0.29) is 0 Å². The van der Waals surface area contributed by atoms with Gasteiger partial charge in [-0.3, -0.25) is 0 Å². The average Bonchev–Trinajstić information content (AvgIpc) is 2.32. The lowest BCUT2D eigenvalue weighted by Crippen LogP contribution is -2.37. The van der Waals surface area contributed by atoms with Crippen molar-refractivity contribution in [3.63, 3.8) is 0 Å². The van der Waals surface area contributed by atoms with Gasteiger partial charge < -0.3 is 9.64 Å². The molecule has 88 valence electrons. The van der Waals surface area contributed by atoms with E-state index >= 15 is 0 Å². The van der Waals surface area contributed by atoms with Gasteiger partial charge in [-0.2, -0.15) is 0 Å². The van der Waals surface area contributed by atoms with Gasteiger partial charge in [0.15, 0.2) is 0 Å². The van der Waals surface area contributed by atoms with Crippen LogP contribution in [0.15, 0.2) is 18.3 Å². The molecule has 3 nitrogen and oxygen atoms in total. The van der Waals surface area contributed by atoms with Gasteiger partial charge in [-0.25, -0.2) is 4.98 Å². The Balaban J connectivity index is 1.91. The van der Waals surface area contributed by atoms with Crippen LogP contribution in [0.25, 0.3) is 0 Å². The summed E-state index contributed by atoms with van der Waals surface area (Å²) in [5, 5.41) is 0. The van der Waals surface area contributed by atoms with Crippen molar-refractivity contribution in [1.29, 1.82) is 0 Å². The zero-order chi connectivity index (χ0) is 11.4. The second-order valence-corrected chi connectivity index (χ2v) is 4.34. The Morgan fingerprint density at radius 1 is 1.38 bits per heavy atom. The molecule has 0 aromatic carbocycles. The molecule has 1 aliphatic rings. The third-order valence-corrected chi connectivity index (χ3v) is 3.06. The standard InChI is InChI=1S/C13H20N2O/c1-3-16-12-6-8-15(9-7-12)13-5-4-11(2)10-14-13/h4-5,10,12H,3,6-9H2,1-2H3. The number of aromatic nitrogens is 1. The number of nitrogens with zero attached hydrogens (tertiary/aromatic N) is 2. The predicted octanol–water partition coefficient (Wildman–Crippen LogP) is 2.40. The molecular weight excluding hydrogens is 200 g/mol. The molecule has 0 aliphatic carbocycles. The van der Waals surface area contributed by atoms with Gasteiger partial charge in [0, 0.05) is 25.9 Å². The fourth-order valence-electron chi connectivity index (χ4n) is 2.13. The van der Waals surface area contributed by atoms with Gasteiger partial charge in [-0.05, 0) is 38.3 Å². The highest BCUT2D eigenvalue weighted by molar-refractivity contribution is 5.39. The normalized spacial score (nSPS) is 17.8. The number of ether oxygens (including phenoxy) is 1. The summed E-state index contributed by atoms with van der Waals surface area (Å²) in [7, 11) is 0. The van der Waals surface area contributed by atoms with Crippen LogP contribution in [0.4, 0.5) is 5.82 Å². The van der Waals surface area contributed by atoms with E-state index in [4.69, 9.17) is 4.74 Å². The minimum absolute atomic E-state index is 0.451. The van der Waals surface area contributed by atoms with E-state index in [2.05, 4.69) is 35.9 Å². The molecular formula is C13H20N2O. The smallest absolute Gasteiger partial charge is 0.128 e.